The molecule has 0 atom stereocenters. The van der Waals surface area contributed by atoms with Gasteiger partial charge in [-0.15, -0.1) is 10.2 Å². The lowest BCUT2D eigenvalue weighted by molar-refractivity contribution is 0.0945. The number of para-hydroxylation sites is 1. The van der Waals surface area contributed by atoms with E-state index in [-0.39, 0.29) is 11.6 Å². The second kappa shape index (κ2) is 7.13. The van der Waals surface area contributed by atoms with Crippen molar-refractivity contribution in [3.63, 3.8) is 0 Å². The molecule has 6 heteroatoms. The molecule has 0 bridgehead atoms. The van der Waals surface area contributed by atoms with Gasteiger partial charge in [0.1, 0.15) is 0 Å². The van der Waals surface area contributed by atoms with E-state index in [9.17, 15) is 4.79 Å². The van der Waals surface area contributed by atoms with Gasteiger partial charge in [0.2, 0.25) is 0 Å². The average Bonchev–Trinajstić information content (AvgIpc) is 2.62. The maximum Gasteiger partial charge on any atom is 0.272 e. The smallest absolute Gasteiger partial charge is 0.272 e. The van der Waals surface area contributed by atoms with Crippen molar-refractivity contribution in [2.45, 2.75) is 6.54 Å². The van der Waals surface area contributed by atoms with Crippen LogP contribution in [0.15, 0.2) is 67.0 Å². The number of hydrogen-bond donors (Lipinski definition) is 2. The number of nitrogens with one attached hydrogen (secondary N) is 2. The van der Waals surface area contributed by atoms with Crippen molar-refractivity contribution in [1.29, 1.82) is 0 Å². The molecule has 1 amide bonds. The van der Waals surface area contributed by atoms with Crippen LogP contribution in [0.5, 0.6) is 0 Å². The zero-order valence-electron chi connectivity index (χ0n) is 12.3. The van der Waals surface area contributed by atoms with Gasteiger partial charge in [0.15, 0.2) is 11.5 Å². The number of rotatable bonds is 5. The molecule has 3 rings (SSSR count). The lowest BCUT2D eigenvalue weighted by Crippen LogP contribution is -2.24. The Balaban J connectivity index is 1.59. The summed E-state index contributed by atoms with van der Waals surface area (Å²) in [7, 11) is 0. The number of benzene rings is 1. The largest absolute Gasteiger partial charge is 0.347 e. The van der Waals surface area contributed by atoms with E-state index < -0.39 is 0 Å². The number of aromatic nitrogens is 3. The van der Waals surface area contributed by atoms with Crippen LogP contribution in [0, 0.1) is 0 Å². The Hall–Kier alpha value is -3.28. The molecule has 0 aliphatic rings. The Kier molecular flexibility index (Phi) is 4.54. The van der Waals surface area contributed by atoms with Crippen LogP contribution in [0.3, 0.4) is 0 Å². The van der Waals surface area contributed by atoms with Crippen LogP contribution >= 0.6 is 0 Å². The first-order valence-electron chi connectivity index (χ1n) is 7.14. The third-order valence-electron chi connectivity index (χ3n) is 3.15. The van der Waals surface area contributed by atoms with Crippen LogP contribution in [0.4, 0.5) is 11.5 Å². The third kappa shape index (κ3) is 4.10. The van der Waals surface area contributed by atoms with Crippen LogP contribution in [-0.2, 0) is 6.54 Å². The van der Waals surface area contributed by atoms with Crippen molar-refractivity contribution in [2.24, 2.45) is 0 Å². The van der Waals surface area contributed by atoms with Crippen molar-refractivity contribution >= 4 is 17.4 Å². The Morgan fingerprint density at radius 3 is 2.39 bits per heavy atom. The van der Waals surface area contributed by atoms with Crippen LogP contribution in [0.1, 0.15) is 16.1 Å². The van der Waals surface area contributed by atoms with E-state index in [1.165, 1.54) is 0 Å². The van der Waals surface area contributed by atoms with Crippen molar-refractivity contribution in [1.82, 2.24) is 20.5 Å². The second-order valence-corrected chi connectivity index (χ2v) is 4.83. The van der Waals surface area contributed by atoms with E-state index in [1.807, 2.05) is 42.5 Å². The molecule has 1 aromatic carbocycles. The lowest BCUT2D eigenvalue weighted by atomic mass is 10.2. The van der Waals surface area contributed by atoms with E-state index in [1.54, 1.807) is 24.5 Å². The summed E-state index contributed by atoms with van der Waals surface area (Å²) < 4.78 is 0. The Labute approximate surface area is 133 Å². The standard InChI is InChI=1S/C17H15N5O/c23-17(19-12-13-8-10-18-11-9-13)15-6-7-16(22-21-15)20-14-4-2-1-3-5-14/h1-11H,12H2,(H,19,23)(H,20,22). The minimum Gasteiger partial charge on any atom is -0.347 e. The molecule has 0 aliphatic carbocycles. The summed E-state index contributed by atoms with van der Waals surface area (Å²) in [5.74, 6) is 0.322. The molecule has 0 saturated carbocycles. The van der Waals surface area contributed by atoms with Crippen molar-refractivity contribution < 1.29 is 4.79 Å². The van der Waals surface area contributed by atoms with Gasteiger partial charge in [0, 0.05) is 24.6 Å². The number of nitrogens with zero attached hydrogens (tertiary/aromatic N) is 3. The highest BCUT2D eigenvalue weighted by atomic mass is 16.1. The van der Waals surface area contributed by atoms with Crippen LogP contribution in [-0.4, -0.2) is 21.1 Å². The molecule has 0 spiro atoms. The second-order valence-electron chi connectivity index (χ2n) is 4.83. The summed E-state index contributed by atoms with van der Waals surface area (Å²) in [6, 6.07) is 16.7. The van der Waals surface area contributed by atoms with E-state index in [4.69, 9.17) is 0 Å². The van der Waals surface area contributed by atoms with E-state index >= 15 is 0 Å². The highest BCUT2D eigenvalue weighted by molar-refractivity contribution is 5.92. The molecule has 114 valence electrons. The van der Waals surface area contributed by atoms with Crippen LogP contribution in [0.25, 0.3) is 0 Å². The van der Waals surface area contributed by atoms with Crippen molar-refractivity contribution in [3.05, 3.63) is 78.2 Å². The zero-order valence-corrected chi connectivity index (χ0v) is 12.3. The molecule has 23 heavy (non-hydrogen) atoms. The number of hydrogen-bond acceptors (Lipinski definition) is 5. The number of pyridine rings is 1. The van der Waals surface area contributed by atoms with Gasteiger partial charge in [0.25, 0.3) is 5.91 Å². The van der Waals surface area contributed by atoms with Gasteiger partial charge in [-0.2, -0.15) is 0 Å². The maximum absolute atomic E-state index is 12.0. The van der Waals surface area contributed by atoms with Crippen LogP contribution in [0.2, 0.25) is 0 Å². The van der Waals surface area contributed by atoms with E-state index in [2.05, 4.69) is 25.8 Å². The Bertz CT molecular complexity index is 760. The molecule has 0 aliphatic heterocycles. The molecule has 0 unspecified atom stereocenters. The Morgan fingerprint density at radius 1 is 0.913 bits per heavy atom. The van der Waals surface area contributed by atoms with Crippen LogP contribution < -0.4 is 10.6 Å². The van der Waals surface area contributed by atoms with Gasteiger partial charge in [-0.25, -0.2) is 0 Å². The van der Waals surface area contributed by atoms with Gasteiger partial charge < -0.3 is 10.6 Å². The first kappa shape index (κ1) is 14.6. The predicted octanol–water partition coefficient (Wildman–Crippen LogP) is 2.55. The van der Waals surface area contributed by atoms with E-state index in [0.717, 1.165) is 11.3 Å². The highest BCUT2D eigenvalue weighted by Gasteiger charge is 2.08. The third-order valence-corrected chi connectivity index (χ3v) is 3.15. The fourth-order valence-corrected chi connectivity index (χ4v) is 1.96. The first-order valence-corrected chi connectivity index (χ1v) is 7.14. The van der Waals surface area contributed by atoms with Gasteiger partial charge in [-0.3, -0.25) is 9.78 Å². The molecule has 2 aromatic heterocycles. The SMILES string of the molecule is O=C(NCc1ccncc1)c1ccc(Nc2ccccc2)nn1. The highest BCUT2D eigenvalue weighted by Crippen LogP contribution is 2.12. The zero-order chi connectivity index (χ0) is 15.9. The average molecular weight is 305 g/mol. The van der Waals surface area contributed by atoms with Crippen molar-refractivity contribution in [2.75, 3.05) is 5.32 Å². The van der Waals surface area contributed by atoms with Crippen molar-refractivity contribution in [3.8, 4) is 0 Å². The lowest BCUT2D eigenvalue weighted by Gasteiger charge is -2.06. The minimum absolute atomic E-state index is 0.263. The molecule has 2 heterocycles. The topological polar surface area (TPSA) is 79.8 Å². The normalized spacial score (nSPS) is 10.1. The summed E-state index contributed by atoms with van der Waals surface area (Å²) in [6.07, 6.45) is 3.37. The number of carbonyl (C=O) groups excluding carboxylic acids is 1. The van der Waals surface area contributed by atoms with E-state index in [0.29, 0.717) is 12.4 Å². The quantitative estimate of drug-likeness (QED) is 0.757. The fourth-order valence-electron chi connectivity index (χ4n) is 1.96. The Morgan fingerprint density at radius 2 is 1.70 bits per heavy atom. The number of anilines is 2. The summed E-state index contributed by atoms with van der Waals surface area (Å²) >= 11 is 0. The maximum atomic E-state index is 12.0. The first-order chi connectivity index (χ1) is 11.3. The summed E-state index contributed by atoms with van der Waals surface area (Å²) in [5, 5.41) is 13.9. The van der Waals surface area contributed by atoms with Gasteiger partial charge in [-0.05, 0) is 42.0 Å². The van der Waals surface area contributed by atoms with Gasteiger partial charge >= 0.3 is 0 Å². The summed E-state index contributed by atoms with van der Waals surface area (Å²) in [6.45, 7) is 0.424. The fraction of sp³-hybridized carbons (Fsp3) is 0.0588. The molecule has 2 N–H and O–H groups in total. The molecular weight excluding hydrogens is 290 g/mol. The predicted molar refractivity (Wildman–Crippen MR) is 87.2 cm³/mol. The molecule has 0 fully saturated rings. The summed E-state index contributed by atoms with van der Waals surface area (Å²) in [5.41, 5.74) is 2.16. The number of carbonyl (C=O) groups is 1. The molecular formula is C17H15N5O. The molecule has 3 aromatic rings. The monoisotopic (exact) mass is 305 g/mol. The van der Waals surface area contributed by atoms with Gasteiger partial charge in [-0.1, -0.05) is 18.2 Å². The molecule has 0 saturated heterocycles. The number of amides is 1. The summed E-state index contributed by atoms with van der Waals surface area (Å²) in [4.78, 5) is 16.0. The molecule has 0 radical (unpaired) electrons. The van der Waals surface area contributed by atoms with Gasteiger partial charge in [0.05, 0.1) is 0 Å². The minimum atomic E-state index is -0.263. The molecule has 6 nitrogen and oxygen atoms in total.